The first kappa shape index (κ1) is 15.9. The van der Waals surface area contributed by atoms with Crippen LogP contribution in [-0.4, -0.2) is 17.6 Å². The van der Waals surface area contributed by atoms with Crippen LogP contribution in [0.5, 0.6) is 5.75 Å². The van der Waals surface area contributed by atoms with Gasteiger partial charge < -0.3 is 10.1 Å². The van der Waals surface area contributed by atoms with Crippen LogP contribution in [0.4, 0.5) is 4.39 Å². The molecule has 0 aliphatic heterocycles. The number of hydrogen-bond acceptors (Lipinski definition) is 4. The van der Waals surface area contributed by atoms with Crippen molar-refractivity contribution in [2.75, 3.05) is 6.61 Å². The third-order valence-electron chi connectivity index (χ3n) is 3.25. The second kappa shape index (κ2) is 8.10. The number of thiazole rings is 1. The third kappa shape index (κ3) is 5.10. The quantitative estimate of drug-likeness (QED) is 0.805. The summed E-state index contributed by atoms with van der Waals surface area (Å²) in [6.07, 6.45) is 1.80. The fourth-order valence-corrected chi connectivity index (χ4v) is 2.56. The van der Waals surface area contributed by atoms with E-state index in [2.05, 4.69) is 29.5 Å². The first-order valence-electron chi connectivity index (χ1n) is 7.23. The molecule has 5 heteroatoms. The number of halogens is 1. The fourth-order valence-electron chi connectivity index (χ4n) is 1.78. The Hall–Kier alpha value is -1.46. The van der Waals surface area contributed by atoms with Crippen LogP contribution in [0.2, 0.25) is 0 Å². The topological polar surface area (TPSA) is 34.1 Å². The van der Waals surface area contributed by atoms with Crippen molar-refractivity contribution in [3.8, 4) is 5.75 Å². The van der Waals surface area contributed by atoms with E-state index in [9.17, 15) is 4.39 Å². The summed E-state index contributed by atoms with van der Waals surface area (Å²) in [7, 11) is 0. The van der Waals surface area contributed by atoms with Crippen LogP contribution in [-0.2, 0) is 13.0 Å². The maximum atomic E-state index is 13.4. The summed E-state index contributed by atoms with van der Waals surface area (Å²) < 4.78 is 18.8. The normalized spacial score (nSPS) is 12.3. The third-order valence-corrected chi connectivity index (χ3v) is 4.21. The predicted molar refractivity (Wildman–Crippen MR) is 84.3 cm³/mol. The number of nitrogens with zero attached hydrogens (tertiary/aromatic N) is 1. The molecule has 0 fully saturated rings. The number of rotatable bonds is 8. The number of nitrogens with one attached hydrogen (secondary N) is 1. The van der Waals surface area contributed by atoms with Crippen LogP contribution in [0.1, 0.15) is 31.0 Å². The first-order chi connectivity index (χ1) is 10.2. The highest BCUT2D eigenvalue weighted by Gasteiger charge is 2.05. The minimum Gasteiger partial charge on any atom is -0.490 e. The lowest BCUT2D eigenvalue weighted by atomic mass is 10.2. The molecule has 2 rings (SSSR count). The fraction of sp³-hybridized carbons (Fsp3) is 0.438. The van der Waals surface area contributed by atoms with Crippen LogP contribution in [0.3, 0.4) is 0 Å². The molecule has 1 N–H and O–H groups in total. The molecule has 21 heavy (non-hydrogen) atoms. The van der Waals surface area contributed by atoms with Gasteiger partial charge in [0.05, 0.1) is 17.3 Å². The Bertz CT molecular complexity index is 559. The van der Waals surface area contributed by atoms with Crippen molar-refractivity contribution in [1.29, 1.82) is 0 Å². The first-order valence-corrected chi connectivity index (χ1v) is 8.11. The molecule has 1 unspecified atom stereocenters. The lowest BCUT2D eigenvalue weighted by Gasteiger charge is -2.09. The van der Waals surface area contributed by atoms with Crippen LogP contribution in [0.25, 0.3) is 0 Å². The number of para-hydroxylation sites is 1. The van der Waals surface area contributed by atoms with Gasteiger partial charge in [0.25, 0.3) is 0 Å². The van der Waals surface area contributed by atoms with Crippen molar-refractivity contribution < 1.29 is 9.13 Å². The van der Waals surface area contributed by atoms with Crippen LogP contribution < -0.4 is 10.1 Å². The van der Waals surface area contributed by atoms with Crippen molar-refractivity contribution in [3.05, 3.63) is 46.2 Å². The molecular formula is C16H21FN2OS. The van der Waals surface area contributed by atoms with Gasteiger partial charge in [0, 0.05) is 24.4 Å². The van der Waals surface area contributed by atoms with E-state index in [1.807, 2.05) is 0 Å². The number of aromatic nitrogens is 1. The molecule has 114 valence electrons. The van der Waals surface area contributed by atoms with Crippen molar-refractivity contribution in [3.63, 3.8) is 0 Å². The smallest absolute Gasteiger partial charge is 0.165 e. The van der Waals surface area contributed by atoms with E-state index in [0.717, 1.165) is 23.7 Å². The molecule has 1 atom stereocenters. The molecule has 0 aliphatic rings. The molecule has 0 radical (unpaired) electrons. The van der Waals surface area contributed by atoms with Gasteiger partial charge in [-0.1, -0.05) is 19.1 Å². The van der Waals surface area contributed by atoms with E-state index in [1.165, 1.54) is 6.07 Å². The van der Waals surface area contributed by atoms with Gasteiger partial charge in [0.2, 0.25) is 0 Å². The van der Waals surface area contributed by atoms with Crippen molar-refractivity contribution in [2.45, 2.75) is 39.3 Å². The highest BCUT2D eigenvalue weighted by molar-refractivity contribution is 7.09. The Morgan fingerprint density at radius 2 is 2.19 bits per heavy atom. The van der Waals surface area contributed by atoms with Gasteiger partial charge in [0.1, 0.15) is 0 Å². The highest BCUT2D eigenvalue weighted by Crippen LogP contribution is 2.16. The SMILES string of the molecule is CCC(C)NCc1csc(CCOc2ccccc2F)n1. The van der Waals surface area contributed by atoms with Gasteiger partial charge in [0.15, 0.2) is 11.6 Å². The average Bonchev–Trinajstić information content (AvgIpc) is 2.94. The van der Waals surface area contributed by atoms with Gasteiger partial charge in [-0.25, -0.2) is 9.37 Å². The summed E-state index contributed by atoms with van der Waals surface area (Å²) >= 11 is 1.62. The minimum absolute atomic E-state index is 0.299. The largest absolute Gasteiger partial charge is 0.490 e. The zero-order valence-electron chi connectivity index (χ0n) is 12.4. The lowest BCUT2D eigenvalue weighted by molar-refractivity contribution is 0.305. The Morgan fingerprint density at radius 1 is 1.38 bits per heavy atom. The minimum atomic E-state index is -0.324. The van der Waals surface area contributed by atoms with Gasteiger partial charge in [-0.3, -0.25) is 0 Å². The Labute approximate surface area is 129 Å². The maximum Gasteiger partial charge on any atom is 0.165 e. The molecule has 0 bridgehead atoms. The summed E-state index contributed by atoms with van der Waals surface area (Å²) in [4.78, 5) is 4.55. The number of hydrogen-bond donors (Lipinski definition) is 1. The van der Waals surface area contributed by atoms with E-state index in [0.29, 0.717) is 24.8 Å². The van der Waals surface area contributed by atoms with Crippen LogP contribution in [0.15, 0.2) is 29.6 Å². The Balaban J connectivity index is 1.76. The lowest BCUT2D eigenvalue weighted by Crippen LogP contribution is -2.24. The van der Waals surface area contributed by atoms with Gasteiger partial charge in [-0.15, -0.1) is 11.3 Å². The summed E-state index contributed by atoms with van der Waals surface area (Å²) in [6, 6.07) is 6.95. The average molecular weight is 308 g/mol. The summed E-state index contributed by atoms with van der Waals surface area (Å²) in [5.74, 6) is -0.0252. The zero-order valence-corrected chi connectivity index (χ0v) is 13.3. The Morgan fingerprint density at radius 3 is 2.95 bits per heavy atom. The predicted octanol–water partition coefficient (Wildman–Crippen LogP) is 3.79. The molecule has 0 amide bonds. The van der Waals surface area contributed by atoms with E-state index < -0.39 is 0 Å². The number of benzene rings is 1. The van der Waals surface area contributed by atoms with E-state index in [1.54, 1.807) is 29.5 Å². The molecule has 2 aromatic rings. The van der Waals surface area contributed by atoms with Crippen molar-refractivity contribution in [1.82, 2.24) is 10.3 Å². The summed E-state index contributed by atoms with van der Waals surface area (Å²) in [6.45, 7) is 5.55. The highest BCUT2D eigenvalue weighted by atomic mass is 32.1. The zero-order chi connectivity index (χ0) is 15.1. The summed E-state index contributed by atoms with van der Waals surface area (Å²) in [5, 5.41) is 6.50. The molecule has 0 spiro atoms. The molecule has 1 heterocycles. The van der Waals surface area contributed by atoms with Crippen LogP contribution >= 0.6 is 11.3 Å². The monoisotopic (exact) mass is 308 g/mol. The molecule has 0 aliphatic carbocycles. The van der Waals surface area contributed by atoms with Gasteiger partial charge in [-0.05, 0) is 25.5 Å². The maximum absolute atomic E-state index is 13.4. The van der Waals surface area contributed by atoms with E-state index in [-0.39, 0.29) is 5.82 Å². The number of ether oxygens (including phenoxy) is 1. The van der Waals surface area contributed by atoms with Gasteiger partial charge in [-0.2, -0.15) is 0 Å². The molecule has 0 saturated heterocycles. The molecule has 1 aromatic carbocycles. The van der Waals surface area contributed by atoms with Gasteiger partial charge >= 0.3 is 0 Å². The van der Waals surface area contributed by atoms with Crippen molar-refractivity contribution >= 4 is 11.3 Å². The van der Waals surface area contributed by atoms with Crippen LogP contribution in [0, 0.1) is 5.82 Å². The van der Waals surface area contributed by atoms with E-state index >= 15 is 0 Å². The summed E-state index contributed by atoms with van der Waals surface area (Å²) in [5.41, 5.74) is 1.06. The second-order valence-corrected chi connectivity index (χ2v) is 5.89. The molecule has 3 nitrogen and oxygen atoms in total. The van der Waals surface area contributed by atoms with Crippen molar-refractivity contribution in [2.24, 2.45) is 0 Å². The Kier molecular flexibility index (Phi) is 6.14. The standard InChI is InChI=1S/C16H21FN2OS/c1-3-12(2)18-10-13-11-21-16(19-13)8-9-20-15-7-5-4-6-14(15)17/h4-7,11-12,18H,3,8-10H2,1-2H3. The van der Waals surface area contributed by atoms with E-state index in [4.69, 9.17) is 4.74 Å². The molecule has 1 aromatic heterocycles. The molecular weight excluding hydrogens is 287 g/mol. The second-order valence-electron chi connectivity index (χ2n) is 4.95. The molecule has 0 saturated carbocycles.